The average molecular weight is 570 g/mol. The van der Waals surface area contributed by atoms with Gasteiger partial charge in [-0.15, -0.1) is 16.9 Å². The number of amides is 2. The number of aromatic nitrogens is 6. The second-order valence-corrected chi connectivity index (χ2v) is 10.8. The third-order valence-corrected chi connectivity index (χ3v) is 8.15. The molecule has 0 aromatic carbocycles. The third-order valence-electron chi connectivity index (χ3n) is 5.22. The zero-order valence-corrected chi connectivity index (χ0v) is 22.3. The minimum absolute atomic E-state index is 0.0415. The number of carboxylic acids is 1. The molecular weight excluding hydrogens is 546 g/mol. The van der Waals surface area contributed by atoms with Crippen molar-refractivity contribution in [2.24, 2.45) is 5.16 Å². The van der Waals surface area contributed by atoms with Crippen LogP contribution in [0, 0.1) is 0 Å². The first kappa shape index (κ1) is 26.8. The molecule has 0 aliphatic carbocycles. The lowest BCUT2D eigenvalue weighted by atomic mass is 10.0. The lowest BCUT2D eigenvalue weighted by Gasteiger charge is -2.49. The van der Waals surface area contributed by atoms with Crippen LogP contribution in [0.15, 0.2) is 21.6 Å². The molecule has 2 aromatic heterocycles. The van der Waals surface area contributed by atoms with Gasteiger partial charge in [0, 0.05) is 29.6 Å². The van der Waals surface area contributed by atoms with Gasteiger partial charge >= 0.3 is 5.97 Å². The van der Waals surface area contributed by atoms with Crippen LogP contribution in [0.4, 0.5) is 5.13 Å². The smallest absolute Gasteiger partial charge is 0.352 e. The Morgan fingerprint density at radius 2 is 2.19 bits per heavy atom. The Morgan fingerprint density at radius 1 is 1.41 bits per heavy atom. The Morgan fingerprint density at radius 3 is 2.84 bits per heavy atom. The first-order valence-electron chi connectivity index (χ1n) is 10.7. The van der Waals surface area contributed by atoms with E-state index in [9.17, 15) is 19.5 Å². The van der Waals surface area contributed by atoms with Gasteiger partial charge in [-0.1, -0.05) is 16.9 Å². The molecule has 2 aromatic rings. The van der Waals surface area contributed by atoms with Gasteiger partial charge in [0.1, 0.15) is 24.2 Å². The number of nitrogens with one attached hydrogen (secondary N) is 1. The van der Waals surface area contributed by atoms with E-state index in [0.717, 1.165) is 18.1 Å². The van der Waals surface area contributed by atoms with Crippen LogP contribution in [0.5, 0.6) is 0 Å². The number of aliphatic carboxylic acids is 1. The van der Waals surface area contributed by atoms with Gasteiger partial charge in [-0.25, -0.2) is 9.48 Å². The molecule has 0 spiro atoms. The predicted octanol–water partition coefficient (Wildman–Crippen LogP) is -1.45. The Balaban J connectivity index is 1.46. The van der Waals surface area contributed by atoms with Crippen molar-refractivity contribution < 1.29 is 24.3 Å². The first-order valence-corrected chi connectivity index (χ1v) is 13.5. The van der Waals surface area contributed by atoms with Crippen LogP contribution in [-0.4, -0.2) is 119 Å². The molecule has 0 bridgehead atoms. The number of carboxylic acid groups (broad SMARTS) is 1. The lowest BCUT2D eigenvalue weighted by molar-refractivity contribution is -0.150. The number of fused-ring (bicyclic) bond motifs is 1. The fraction of sp³-hybridized carbons (Fsp3) is 0.500. The van der Waals surface area contributed by atoms with Gasteiger partial charge in [0.2, 0.25) is 16.7 Å². The van der Waals surface area contributed by atoms with E-state index in [4.69, 9.17) is 10.6 Å². The molecule has 198 valence electrons. The predicted molar refractivity (Wildman–Crippen MR) is 135 cm³/mol. The van der Waals surface area contributed by atoms with Crippen LogP contribution in [0.25, 0.3) is 0 Å². The molecule has 1 saturated heterocycles. The van der Waals surface area contributed by atoms with Crippen molar-refractivity contribution in [2.75, 3.05) is 45.0 Å². The van der Waals surface area contributed by atoms with Crippen molar-refractivity contribution in [3.05, 3.63) is 17.1 Å². The van der Waals surface area contributed by atoms with Crippen LogP contribution in [0.1, 0.15) is 5.82 Å². The minimum Gasteiger partial charge on any atom is -0.477 e. The molecule has 19 heteroatoms. The third kappa shape index (κ3) is 5.68. The standard InChI is InChI=1S/C18H23N11O5S3/c1-27(2)4-5-28-18(22-25-26-28)36-7-8-6-35-15-10(14(31)29(15)11(8)16(32)33)20-13(30)9(23-34-3)12-21-17(19)37-24-12/h10,15H,4-7H2,1-3H3,(H,20,30)(H,32,33)(H2,19,21,24)/t10?,15-/m0/s1. The Labute approximate surface area is 222 Å². The summed E-state index contributed by atoms with van der Waals surface area (Å²) >= 11 is 3.52. The molecule has 2 atom stereocenters. The van der Waals surface area contributed by atoms with E-state index in [0.29, 0.717) is 23.0 Å². The fourth-order valence-corrected chi connectivity index (χ4v) is 6.32. The summed E-state index contributed by atoms with van der Waals surface area (Å²) in [6, 6.07) is -0.961. The summed E-state index contributed by atoms with van der Waals surface area (Å²) in [6.45, 7) is 1.31. The van der Waals surface area contributed by atoms with Crippen LogP contribution in [0.3, 0.4) is 0 Å². The number of oxime groups is 1. The number of likely N-dealkylation sites (N-methyl/N-ethyl adjacent to an activating group) is 1. The van der Waals surface area contributed by atoms with E-state index in [2.05, 4.69) is 35.4 Å². The van der Waals surface area contributed by atoms with Gasteiger partial charge in [0.05, 0.1) is 6.54 Å². The number of nitrogens with two attached hydrogens (primary N) is 1. The Kier molecular flexibility index (Phi) is 8.25. The summed E-state index contributed by atoms with van der Waals surface area (Å²) in [5, 5.41) is 27.9. The molecule has 0 saturated carbocycles. The molecule has 37 heavy (non-hydrogen) atoms. The van der Waals surface area contributed by atoms with Crippen LogP contribution < -0.4 is 11.1 Å². The molecule has 16 nitrogen and oxygen atoms in total. The van der Waals surface area contributed by atoms with Crippen LogP contribution >= 0.6 is 35.1 Å². The number of carbonyl (C=O) groups excluding carboxylic acids is 2. The van der Waals surface area contributed by atoms with Gasteiger partial charge < -0.3 is 25.9 Å². The highest BCUT2D eigenvalue weighted by atomic mass is 32.2. The number of anilines is 1. The summed E-state index contributed by atoms with van der Waals surface area (Å²) in [4.78, 5) is 49.8. The van der Waals surface area contributed by atoms with Gasteiger partial charge in [-0.05, 0) is 30.1 Å². The zero-order chi connectivity index (χ0) is 26.7. The number of carbonyl (C=O) groups is 3. The second kappa shape index (κ2) is 11.4. The van der Waals surface area contributed by atoms with Crippen molar-refractivity contribution in [2.45, 2.75) is 23.1 Å². The molecular formula is C18H23N11O5S3. The number of hydrogen-bond acceptors (Lipinski definition) is 15. The number of nitrogens with zero attached hydrogens (tertiary/aromatic N) is 9. The lowest BCUT2D eigenvalue weighted by Crippen LogP contribution is -2.71. The summed E-state index contributed by atoms with van der Waals surface area (Å²) in [5.41, 5.74) is 5.80. The molecule has 2 amide bonds. The Hall–Kier alpha value is -3.29. The Bertz CT molecular complexity index is 1260. The summed E-state index contributed by atoms with van der Waals surface area (Å²) < 4.78 is 5.60. The maximum absolute atomic E-state index is 13.0. The number of rotatable bonds is 11. The van der Waals surface area contributed by atoms with Crippen LogP contribution in [-0.2, 0) is 25.8 Å². The molecule has 2 aliphatic heterocycles. The summed E-state index contributed by atoms with van der Waals surface area (Å²) in [5.74, 6) is -1.94. The molecule has 1 fully saturated rings. The largest absolute Gasteiger partial charge is 0.477 e. The maximum atomic E-state index is 13.0. The molecule has 2 aliphatic rings. The summed E-state index contributed by atoms with van der Waals surface area (Å²) in [6.07, 6.45) is 0. The first-order chi connectivity index (χ1) is 17.7. The van der Waals surface area contributed by atoms with Crippen LogP contribution in [0.2, 0.25) is 0 Å². The average Bonchev–Trinajstić information content (AvgIpc) is 3.50. The quantitative estimate of drug-likeness (QED) is 0.122. The van der Waals surface area contributed by atoms with Crippen molar-refractivity contribution >= 4 is 63.7 Å². The van der Waals surface area contributed by atoms with Gasteiger partial charge in [-0.2, -0.15) is 9.36 Å². The van der Waals surface area contributed by atoms with Gasteiger partial charge in [-0.3, -0.25) is 14.5 Å². The molecule has 4 N–H and O–H groups in total. The summed E-state index contributed by atoms with van der Waals surface area (Å²) in [7, 11) is 5.13. The number of hydrogen-bond donors (Lipinski definition) is 3. The topological polar surface area (TPSA) is 207 Å². The minimum atomic E-state index is -1.23. The zero-order valence-electron chi connectivity index (χ0n) is 19.9. The van der Waals surface area contributed by atoms with Crippen molar-refractivity contribution in [1.82, 2.24) is 44.7 Å². The molecule has 4 heterocycles. The highest BCUT2D eigenvalue weighted by molar-refractivity contribution is 8.01. The molecule has 4 rings (SSSR count). The fourth-order valence-electron chi connectivity index (χ4n) is 3.50. The highest BCUT2D eigenvalue weighted by Crippen LogP contribution is 2.41. The highest BCUT2D eigenvalue weighted by Gasteiger charge is 2.54. The molecule has 1 unspecified atom stereocenters. The number of tetrazole rings is 1. The number of β-lactam (4-membered cyclic amide) rings is 1. The maximum Gasteiger partial charge on any atom is 0.352 e. The van der Waals surface area contributed by atoms with Gasteiger partial charge in [0.25, 0.3) is 11.8 Å². The SMILES string of the molecule is CON=C(C(=O)NC1C(=O)N2C(C(=O)O)=C(CSc3nnnn3CCN(C)C)CS[C@@H]12)c1nsc(N)n1. The second-order valence-electron chi connectivity index (χ2n) is 7.97. The number of thioether (sulfide) groups is 2. The van der Waals surface area contributed by atoms with E-state index in [1.807, 2.05) is 19.0 Å². The van der Waals surface area contributed by atoms with Crippen molar-refractivity contribution in [3.63, 3.8) is 0 Å². The monoisotopic (exact) mass is 569 g/mol. The van der Waals surface area contributed by atoms with E-state index >= 15 is 0 Å². The van der Waals surface area contributed by atoms with E-state index in [1.165, 1.54) is 35.5 Å². The van der Waals surface area contributed by atoms with Crippen molar-refractivity contribution in [3.8, 4) is 0 Å². The van der Waals surface area contributed by atoms with Crippen molar-refractivity contribution in [1.29, 1.82) is 0 Å². The molecule has 0 radical (unpaired) electrons. The van der Waals surface area contributed by atoms with E-state index in [-0.39, 0.29) is 28.1 Å². The number of nitrogen functional groups attached to an aromatic ring is 1. The normalized spacial score (nSPS) is 19.6. The van der Waals surface area contributed by atoms with E-state index < -0.39 is 29.2 Å². The van der Waals surface area contributed by atoms with E-state index in [1.54, 1.807) is 4.68 Å². The van der Waals surface area contributed by atoms with Gasteiger partial charge in [0.15, 0.2) is 5.13 Å².